The van der Waals surface area contributed by atoms with E-state index in [0.717, 1.165) is 16.8 Å². The van der Waals surface area contributed by atoms with Gasteiger partial charge in [0.1, 0.15) is 0 Å². The number of carbonyl (C=O) groups excluding carboxylic acids is 1. The molecule has 108 valence electrons. The molecule has 0 aromatic heterocycles. The van der Waals surface area contributed by atoms with Crippen LogP contribution in [0.15, 0.2) is 52.7 Å². The summed E-state index contributed by atoms with van der Waals surface area (Å²) in [6.45, 7) is 0.231. The number of hydrogen-bond donors (Lipinski definition) is 1. The molecule has 6 heteroatoms. The van der Waals surface area contributed by atoms with Gasteiger partial charge in [-0.25, -0.2) is 0 Å². The summed E-state index contributed by atoms with van der Waals surface area (Å²) in [7, 11) is 0. The van der Waals surface area contributed by atoms with Crippen LogP contribution in [-0.4, -0.2) is 24.6 Å². The van der Waals surface area contributed by atoms with Crippen LogP contribution >= 0.6 is 0 Å². The lowest BCUT2D eigenvalue weighted by molar-refractivity contribution is -0.110. The van der Waals surface area contributed by atoms with E-state index in [0.29, 0.717) is 17.2 Å². The predicted molar refractivity (Wildman–Crippen MR) is 81.8 cm³/mol. The Balaban J connectivity index is 1.60. The summed E-state index contributed by atoms with van der Waals surface area (Å²) in [4.78, 5) is 11.9. The summed E-state index contributed by atoms with van der Waals surface area (Å²) in [6.07, 6.45) is 1.57. The smallest absolute Gasteiger partial charge is 0.276 e. The van der Waals surface area contributed by atoms with Gasteiger partial charge in [0.05, 0.1) is 11.9 Å². The number of ether oxygens (including phenoxy) is 2. The summed E-state index contributed by atoms with van der Waals surface area (Å²) in [5.74, 6) is 1.15. The number of rotatable bonds is 2. The van der Waals surface area contributed by atoms with Gasteiger partial charge >= 0.3 is 0 Å². The van der Waals surface area contributed by atoms with E-state index in [1.54, 1.807) is 6.21 Å². The summed E-state index contributed by atoms with van der Waals surface area (Å²) in [5.41, 5.74) is 2.65. The minimum atomic E-state index is -0.246. The van der Waals surface area contributed by atoms with Gasteiger partial charge in [-0.2, -0.15) is 5.10 Å². The molecule has 0 fully saturated rings. The molecule has 0 unspecified atom stereocenters. The third-order valence-corrected chi connectivity index (χ3v) is 3.41. The van der Waals surface area contributed by atoms with Crippen LogP contribution in [0.5, 0.6) is 11.5 Å². The summed E-state index contributed by atoms with van der Waals surface area (Å²) in [6, 6.07) is 12.9. The predicted octanol–water partition coefficient (Wildman–Crippen LogP) is 2.19. The zero-order valence-electron chi connectivity index (χ0n) is 11.4. The first kappa shape index (κ1) is 12.6. The van der Waals surface area contributed by atoms with Crippen LogP contribution in [0.25, 0.3) is 0 Å². The second-order valence-electron chi connectivity index (χ2n) is 4.81. The lowest BCUT2D eigenvalue weighted by Crippen LogP contribution is -2.13. The Bertz CT molecular complexity index is 827. The molecular formula is C16H11N3O3. The first-order valence-corrected chi connectivity index (χ1v) is 6.73. The molecule has 0 aliphatic carbocycles. The van der Waals surface area contributed by atoms with Crippen molar-refractivity contribution >= 4 is 23.5 Å². The number of fused-ring (bicyclic) bond motifs is 2. The third-order valence-electron chi connectivity index (χ3n) is 3.41. The average molecular weight is 293 g/mol. The molecular weight excluding hydrogens is 282 g/mol. The lowest BCUT2D eigenvalue weighted by Gasteiger charge is -1.96. The minimum Gasteiger partial charge on any atom is -0.454 e. The Hall–Kier alpha value is -3.15. The van der Waals surface area contributed by atoms with Crippen LogP contribution < -0.4 is 14.8 Å². The monoisotopic (exact) mass is 293 g/mol. The van der Waals surface area contributed by atoms with Crippen molar-refractivity contribution in [3.8, 4) is 11.5 Å². The molecule has 1 N–H and O–H groups in total. The van der Waals surface area contributed by atoms with E-state index in [1.807, 2.05) is 42.5 Å². The van der Waals surface area contributed by atoms with Crippen LogP contribution in [0.4, 0.5) is 5.69 Å². The maximum absolute atomic E-state index is 11.9. The summed E-state index contributed by atoms with van der Waals surface area (Å²) >= 11 is 0. The Labute approximate surface area is 126 Å². The van der Waals surface area contributed by atoms with E-state index >= 15 is 0 Å². The van der Waals surface area contributed by atoms with Crippen molar-refractivity contribution in [3.63, 3.8) is 0 Å². The zero-order chi connectivity index (χ0) is 14.9. The van der Waals surface area contributed by atoms with Crippen LogP contribution in [-0.2, 0) is 4.79 Å². The Kier molecular flexibility index (Phi) is 2.86. The standard InChI is InChI=1S/C16H11N3O3/c20-16-15(11-3-1-2-4-12(11)18-16)19-17-8-10-5-6-13-14(7-10)22-9-21-13/h1-8H,9H2,(H,18,19,20). The highest BCUT2D eigenvalue weighted by Crippen LogP contribution is 2.32. The van der Waals surface area contributed by atoms with Crippen molar-refractivity contribution in [1.29, 1.82) is 0 Å². The Morgan fingerprint density at radius 3 is 2.91 bits per heavy atom. The molecule has 2 aromatic rings. The molecule has 0 saturated heterocycles. The first-order chi connectivity index (χ1) is 10.8. The third kappa shape index (κ3) is 2.10. The van der Waals surface area contributed by atoms with Crippen molar-refractivity contribution in [3.05, 3.63) is 53.6 Å². The number of nitrogens with one attached hydrogen (secondary N) is 1. The van der Waals surface area contributed by atoms with Gasteiger partial charge in [-0.05, 0) is 29.8 Å². The first-order valence-electron chi connectivity index (χ1n) is 6.73. The second kappa shape index (κ2) is 5.00. The van der Waals surface area contributed by atoms with Gasteiger partial charge in [0.2, 0.25) is 6.79 Å². The van der Waals surface area contributed by atoms with Gasteiger partial charge < -0.3 is 14.8 Å². The zero-order valence-corrected chi connectivity index (χ0v) is 11.4. The molecule has 0 spiro atoms. The van der Waals surface area contributed by atoms with Gasteiger partial charge in [0.25, 0.3) is 5.91 Å². The average Bonchev–Trinajstić information content (AvgIpc) is 3.11. The number of nitrogens with zero attached hydrogens (tertiary/aromatic N) is 2. The molecule has 6 nitrogen and oxygen atoms in total. The molecule has 0 atom stereocenters. The second-order valence-corrected chi connectivity index (χ2v) is 4.81. The highest BCUT2D eigenvalue weighted by molar-refractivity contribution is 6.53. The van der Waals surface area contributed by atoms with Crippen molar-refractivity contribution in [2.75, 3.05) is 12.1 Å². The lowest BCUT2D eigenvalue weighted by atomic mass is 10.1. The fourth-order valence-electron chi connectivity index (χ4n) is 2.35. The van der Waals surface area contributed by atoms with Crippen LogP contribution in [0.2, 0.25) is 0 Å². The highest BCUT2D eigenvalue weighted by Gasteiger charge is 2.25. The number of hydrogen-bond acceptors (Lipinski definition) is 5. The molecule has 0 bridgehead atoms. The maximum Gasteiger partial charge on any atom is 0.276 e. The minimum absolute atomic E-state index is 0.231. The van der Waals surface area contributed by atoms with Crippen LogP contribution in [0.3, 0.4) is 0 Å². The molecule has 0 radical (unpaired) electrons. The quantitative estimate of drug-likeness (QED) is 0.681. The van der Waals surface area contributed by atoms with Crippen molar-refractivity contribution in [2.24, 2.45) is 10.2 Å². The summed E-state index contributed by atoms with van der Waals surface area (Å²) < 4.78 is 10.5. The number of carbonyl (C=O) groups is 1. The van der Waals surface area contributed by atoms with Gasteiger partial charge in [-0.15, -0.1) is 5.10 Å². The maximum atomic E-state index is 11.9. The van der Waals surface area contributed by atoms with E-state index in [-0.39, 0.29) is 12.7 Å². The number of para-hydroxylation sites is 1. The molecule has 2 aliphatic heterocycles. The van der Waals surface area contributed by atoms with Gasteiger partial charge in [-0.3, -0.25) is 4.79 Å². The van der Waals surface area contributed by atoms with Crippen LogP contribution in [0, 0.1) is 0 Å². The largest absolute Gasteiger partial charge is 0.454 e. The molecule has 2 aliphatic rings. The molecule has 2 heterocycles. The molecule has 22 heavy (non-hydrogen) atoms. The topological polar surface area (TPSA) is 72.3 Å². The molecule has 4 rings (SSSR count). The van der Waals surface area contributed by atoms with E-state index in [2.05, 4.69) is 15.5 Å². The van der Waals surface area contributed by atoms with E-state index < -0.39 is 0 Å². The van der Waals surface area contributed by atoms with Gasteiger partial charge in [0, 0.05) is 5.56 Å². The molecule has 2 aromatic carbocycles. The van der Waals surface area contributed by atoms with Crippen molar-refractivity contribution < 1.29 is 14.3 Å². The number of benzene rings is 2. The van der Waals surface area contributed by atoms with E-state index in [9.17, 15) is 4.79 Å². The number of anilines is 1. The van der Waals surface area contributed by atoms with Crippen LogP contribution in [0.1, 0.15) is 11.1 Å². The molecule has 0 saturated carbocycles. The number of amides is 1. The normalized spacial score (nSPS) is 17.1. The SMILES string of the molecule is O=C1Nc2ccccc2/C1=N\N=Cc1ccc2c(c1)OCO2. The van der Waals surface area contributed by atoms with Gasteiger partial charge in [0.15, 0.2) is 17.2 Å². The fraction of sp³-hybridized carbons (Fsp3) is 0.0625. The van der Waals surface area contributed by atoms with Gasteiger partial charge in [-0.1, -0.05) is 18.2 Å². The highest BCUT2D eigenvalue weighted by atomic mass is 16.7. The van der Waals surface area contributed by atoms with E-state index in [1.165, 1.54) is 0 Å². The fourth-order valence-corrected chi connectivity index (χ4v) is 2.35. The van der Waals surface area contributed by atoms with Crippen molar-refractivity contribution in [2.45, 2.75) is 0 Å². The molecule has 1 amide bonds. The summed E-state index contributed by atoms with van der Waals surface area (Å²) in [5, 5.41) is 10.8. The Morgan fingerprint density at radius 2 is 1.95 bits per heavy atom. The van der Waals surface area contributed by atoms with E-state index in [4.69, 9.17) is 9.47 Å². The Morgan fingerprint density at radius 1 is 1.09 bits per heavy atom. The van der Waals surface area contributed by atoms with Crippen molar-refractivity contribution in [1.82, 2.24) is 0 Å².